The average Bonchev–Trinajstić information content (AvgIpc) is 2.80. The average molecular weight is 420 g/mol. The lowest BCUT2D eigenvalue weighted by molar-refractivity contribution is 0.130. The zero-order chi connectivity index (χ0) is 21.6. The van der Waals surface area contributed by atoms with Crippen molar-refractivity contribution < 1.29 is 4.74 Å². The summed E-state index contributed by atoms with van der Waals surface area (Å²) >= 11 is 0. The zero-order valence-electron chi connectivity index (χ0n) is 19.2. The summed E-state index contributed by atoms with van der Waals surface area (Å²) in [4.78, 5) is 9.11. The maximum Gasteiger partial charge on any atom is 0.120 e. The molecular weight excluding hydrogens is 382 g/mol. The number of nitrogens with zero attached hydrogens (tertiary/aromatic N) is 3. The Morgan fingerprint density at radius 3 is 2.45 bits per heavy atom. The van der Waals surface area contributed by atoms with Crippen molar-refractivity contribution in [1.82, 2.24) is 9.80 Å². The molecule has 0 unspecified atom stereocenters. The monoisotopic (exact) mass is 419 g/mol. The summed E-state index contributed by atoms with van der Waals surface area (Å²) in [6.07, 6.45) is 8.53. The van der Waals surface area contributed by atoms with Crippen molar-refractivity contribution >= 4 is 17.0 Å². The van der Waals surface area contributed by atoms with E-state index in [1.165, 1.54) is 48.4 Å². The molecule has 0 aromatic heterocycles. The van der Waals surface area contributed by atoms with Crippen molar-refractivity contribution in [2.24, 2.45) is 10.9 Å². The smallest absolute Gasteiger partial charge is 0.120 e. The fourth-order valence-corrected chi connectivity index (χ4v) is 4.95. The highest BCUT2D eigenvalue weighted by Crippen LogP contribution is 2.30. The second-order valence-electron chi connectivity index (χ2n) is 9.08. The Morgan fingerprint density at radius 1 is 1.03 bits per heavy atom. The van der Waals surface area contributed by atoms with Crippen molar-refractivity contribution in [3.05, 3.63) is 54.4 Å². The van der Waals surface area contributed by atoms with Crippen LogP contribution in [0.5, 0.6) is 5.75 Å². The van der Waals surface area contributed by atoms with Gasteiger partial charge in [-0.2, -0.15) is 0 Å². The molecule has 1 aliphatic heterocycles. The van der Waals surface area contributed by atoms with E-state index in [9.17, 15) is 0 Å². The molecule has 4 nitrogen and oxygen atoms in total. The Balaban J connectivity index is 1.33. The second-order valence-corrected chi connectivity index (χ2v) is 9.08. The molecule has 31 heavy (non-hydrogen) atoms. The minimum Gasteiger partial charge on any atom is -0.490 e. The van der Waals surface area contributed by atoms with Crippen LogP contribution in [-0.4, -0.2) is 48.3 Å². The van der Waals surface area contributed by atoms with Crippen LogP contribution in [0.4, 0.5) is 0 Å². The van der Waals surface area contributed by atoms with Gasteiger partial charge in [0.2, 0.25) is 0 Å². The van der Waals surface area contributed by atoms with Gasteiger partial charge in [-0.3, -0.25) is 4.90 Å². The molecule has 166 valence electrons. The van der Waals surface area contributed by atoms with Crippen molar-refractivity contribution in [2.75, 3.05) is 26.2 Å². The van der Waals surface area contributed by atoms with E-state index in [4.69, 9.17) is 4.74 Å². The highest BCUT2D eigenvalue weighted by atomic mass is 16.5. The standard InChI is InChI=1S/C27H37N3O/c1-4-22-7-11-26(12-8-22)31-27-13-10-24-18-23(6-9-25(24)19-27)20-29-14-16-30(17-15-29)21(3)28-5-2/h5-6,9-10,13,18-19,22,26H,3-4,7-8,11-12,14-17,20H2,1-2H3. The van der Waals surface area contributed by atoms with Gasteiger partial charge >= 0.3 is 0 Å². The molecule has 0 N–H and O–H groups in total. The molecule has 0 atom stereocenters. The van der Waals surface area contributed by atoms with E-state index in [2.05, 4.69) is 64.7 Å². The molecule has 0 bridgehead atoms. The maximum absolute atomic E-state index is 6.32. The molecule has 1 aliphatic carbocycles. The maximum atomic E-state index is 6.32. The van der Waals surface area contributed by atoms with E-state index in [1.54, 1.807) is 0 Å². The number of fused-ring (bicyclic) bond motifs is 1. The first-order valence-electron chi connectivity index (χ1n) is 12.0. The Bertz CT molecular complexity index is 906. The zero-order valence-corrected chi connectivity index (χ0v) is 19.2. The van der Waals surface area contributed by atoms with Gasteiger partial charge in [0.15, 0.2) is 0 Å². The van der Waals surface area contributed by atoms with Crippen LogP contribution < -0.4 is 4.74 Å². The van der Waals surface area contributed by atoms with Crippen LogP contribution in [0.25, 0.3) is 10.8 Å². The highest BCUT2D eigenvalue weighted by molar-refractivity contribution is 5.84. The predicted molar refractivity (Wildman–Crippen MR) is 131 cm³/mol. The largest absolute Gasteiger partial charge is 0.490 e. The molecule has 2 fully saturated rings. The number of piperazine rings is 1. The van der Waals surface area contributed by atoms with E-state index >= 15 is 0 Å². The van der Waals surface area contributed by atoms with Crippen LogP contribution in [0, 0.1) is 5.92 Å². The lowest BCUT2D eigenvalue weighted by Crippen LogP contribution is -2.44. The summed E-state index contributed by atoms with van der Waals surface area (Å²) in [5.74, 6) is 2.80. The first-order chi connectivity index (χ1) is 15.1. The fourth-order valence-electron chi connectivity index (χ4n) is 4.95. The van der Waals surface area contributed by atoms with E-state index < -0.39 is 0 Å². The van der Waals surface area contributed by atoms with Gasteiger partial charge in [-0.15, -0.1) is 0 Å². The second kappa shape index (κ2) is 10.3. The summed E-state index contributed by atoms with van der Waals surface area (Å²) in [5, 5.41) is 2.56. The van der Waals surface area contributed by atoms with Crippen LogP contribution in [-0.2, 0) is 6.54 Å². The Morgan fingerprint density at radius 2 is 1.74 bits per heavy atom. The molecular formula is C27H37N3O. The van der Waals surface area contributed by atoms with Crippen molar-refractivity contribution in [2.45, 2.75) is 58.6 Å². The third-order valence-electron chi connectivity index (χ3n) is 6.97. The highest BCUT2D eigenvalue weighted by Gasteiger charge is 2.21. The Hall–Kier alpha value is -2.33. The Labute approximate surface area is 187 Å². The van der Waals surface area contributed by atoms with E-state index in [0.717, 1.165) is 50.2 Å². The van der Waals surface area contributed by atoms with Gasteiger partial charge in [-0.05, 0) is 73.1 Å². The molecule has 2 aliphatic rings. The van der Waals surface area contributed by atoms with E-state index in [0.29, 0.717) is 6.10 Å². The minimum atomic E-state index is 0.386. The van der Waals surface area contributed by atoms with E-state index in [1.807, 2.05) is 13.1 Å². The van der Waals surface area contributed by atoms with Gasteiger partial charge in [0, 0.05) is 38.9 Å². The number of hydrogen-bond acceptors (Lipinski definition) is 4. The summed E-state index contributed by atoms with van der Waals surface area (Å²) in [7, 11) is 0. The molecule has 0 amide bonds. The van der Waals surface area contributed by atoms with Crippen molar-refractivity contribution in [3.8, 4) is 5.75 Å². The molecule has 2 aromatic carbocycles. The normalized spacial score (nSPS) is 22.8. The quantitative estimate of drug-likeness (QED) is 0.526. The van der Waals surface area contributed by atoms with Gasteiger partial charge < -0.3 is 9.64 Å². The van der Waals surface area contributed by atoms with Crippen LogP contribution in [0.2, 0.25) is 0 Å². The molecule has 0 radical (unpaired) electrons. The number of aliphatic imine (C=N–C) groups is 1. The number of ether oxygens (including phenoxy) is 1. The summed E-state index contributed by atoms with van der Waals surface area (Å²) in [5.41, 5.74) is 1.37. The molecule has 1 saturated carbocycles. The van der Waals surface area contributed by atoms with Gasteiger partial charge in [0.05, 0.1) is 6.10 Å². The minimum absolute atomic E-state index is 0.386. The van der Waals surface area contributed by atoms with Gasteiger partial charge in [0.1, 0.15) is 11.6 Å². The fraction of sp³-hybridized carbons (Fsp3) is 0.519. The van der Waals surface area contributed by atoms with Crippen LogP contribution in [0.3, 0.4) is 0 Å². The van der Waals surface area contributed by atoms with E-state index in [-0.39, 0.29) is 0 Å². The van der Waals surface area contributed by atoms with Crippen molar-refractivity contribution in [3.63, 3.8) is 0 Å². The van der Waals surface area contributed by atoms with Crippen molar-refractivity contribution in [1.29, 1.82) is 0 Å². The summed E-state index contributed by atoms with van der Waals surface area (Å²) < 4.78 is 6.32. The third-order valence-corrected chi connectivity index (χ3v) is 6.97. The first kappa shape index (κ1) is 21.9. The first-order valence-corrected chi connectivity index (χ1v) is 12.0. The number of hydrogen-bond donors (Lipinski definition) is 0. The SMILES string of the molecule is C=C(N=CC)N1CCN(Cc2ccc3cc(OC4CCC(CC)CC4)ccc3c2)CC1. The van der Waals surface area contributed by atoms with Gasteiger partial charge in [-0.25, -0.2) is 4.99 Å². The number of benzene rings is 2. The lowest BCUT2D eigenvalue weighted by Gasteiger charge is -2.35. The molecule has 2 aromatic rings. The molecule has 4 heteroatoms. The van der Waals surface area contributed by atoms with Crippen LogP contribution in [0.15, 0.2) is 53.8 Å². The molecule has 1 heterocycles. The molecule has 0 spiro atoms. The lowest BCUT2D eigenvalue weighted by atomic mass is 9.86. The molecule has 1 saturated heterocycles. The third kappa shape index (κ3) is 5.68. The van der Waals surface area contributed by atoms with Gasteiger partial charge in [-0.1, -0.05) is 38.1 Å². The molecule has 4 rings (SSSR count). The topological polar surface area (TPSA) is 28.1 Å². The summed E-state index contributed by atoms with van der Waals surface area (Å²) in [6.45, 7) is 13.4. The predicted octanol–water partition coefficient (Wildman–Crippen LogP) is 5.87. The summed E-state index contributed by atoms with van der Waals surface area (Å²) in [6, 6.07) is 13.4. The van der Waals surface area contributed by atoms with Crippen LogP contribution >= 0.6 is 0 Å². The van der Waals surface area contributed by atoms with Gasteiger partial charge in [0.25, 0.3) is 0 Å². The number of rotatable bonds is 7. The van der Waals surface area contributed by atoms with Crippen LogP contribution in [0.1, 0.15) is 51.5 Å². The Kier molecular flexibility index (Phi) is 7.29.